The first kappa shape index (κ1) is 23.3. The number of hydrogen-bond acceptors (Lipinski definition) is 6. The number of hydrogen-bond donors (Lipinski definition) is 1. The van der Waals surface area contributed by atoms with Gasteiger partial charge in [0, 0.05) is 24.4 Å². The van der Waals surface area contributed by atoms with Crippen molar-refractivity contribution in [2.24, 2.45) is 5.92 Å². The molecule has 1 N–H and O–H groups in total. The maximum Gasteiger partial charge on any atom is 0.418 e. The number of carbonyl (C=O) groups is 2. The van der Waals surface area contributed by atoms with E-state index in [9.17, 15) is 27.6 Å². The topological polar surface area (TPSA) is 103 Å². The highest BCUT2D eigenvalue weighted by Gasteiger charge is 2.51. The molecule has 2 aromatic rings. The third-order valence-electron chi connectivity index (χ3n) is 7.03. The molecule has 2 fully saturated rings. The van der Waals surface area contributed by atoms with Gasteiger partial charge in [-0.15, -0.1) is 0 Å². The molecule has 2 bridgehead atoms. The smallest absolute Gasteiger partial charge is 0.418 e. The van der Waals surface area contributed by atoms with Gasteiger partial charge in [0.05, 0.1) is 37.6 Å². The van der Waals surface area contributed by atoms with Crippen LogP contribution in [0.5, 0.6) is 5.75 Å². The third kappa shape index (κ3) is 3.76. The fraction of sp³-hybridized carbons (Fsp3) is 0.478. The number of rotatable bonds is 4. The number of amides is 2. The molecule has 1 aliphatic carbocycles. The van der Waals surface area contributed by atoms with Gasteiger partial charge < -0.3 is 24.3 Å². The number of aromatic nitrogens is 2. The lowest BCUT2D eigenvalue weighted by molar-refractivity contribution is -0.155. The van der Waals surface area contributed by atoms with E-state index in [-0.39, 0.29) is 47.3 Å². The van der Waals surface area contributed by atoms with Crippen molar-refractivity contribution in [2.75, 3.05) is 7.11 Å². The number of nitrogens with one attached hydrogen (secondary N) is 1. The van der Waals surface area contributed by atoms with Crippen molar-refractivity contribution in [1.29, 1.82) is 0 Å². The van der Waals surface area contributed by atoms with Crippen molar-refractivity contribution < 1.29 is 32.2 Å². The predicted molar refractivity (Wildman–Crippen MR) is 115 cm³/mol. The molecule has 1 saturated heterocycles. The molecule has 5 rings (SSSR count). The van der Waals surface area contributed by atoms with Gasteiger partial charge in [0.25, 0.3) is 11.8 Å². The lowest BCUT2D eigenvalue weighted by atomic mass is 9.98. The molecule has 186 valence electrons. The Morgan fingerprint density at radius 2 is 2.09 bits per heavy atom. The maximum atomic E-state index is 13.4. The van der Waals surface area contributed by atoms with Crippen LogP contribution in [0, 0.1) is 5.92 Å². The molecule has 2 aliphatic heterocycles. The first-order valence-electron chi connectivity index (χ1n) is 11.2. The average Bonchev–Trinajstić information content (AvgIpc) is 3.04. The molecular weight excluding hydrogens is 469 g/mol. The summed E-state index contributed by atoms with van der Waals surface area (Å²) in [6, 6.07) is 2.00. The van der Waals surface area contributed by atoms with Crippen molar-refractivity contribution in [2.45, 2.75) is 57.4 Å². The minimum Gasteiger partial charge on any atom is -0.491 e. The molecule has 35 heavy (non-hydrogen) atoms. The van der Waals surface area contributed by atoms with E-state index in [1.807, 2.05) is 6.92 Å². The summed E-state index contributed by atoms with van der Waals surface area (Å²) in [4.78, 5) is 44.7. The molecule has 0 aromatic carbocycles. The van der Waals surface area contributed by atoms with E-state index in [0.29, 0.717) is 0 Å². The van der Waals surface area contributed by atoms with Gasteiger partial charge in [-0.05, 0) is 25.0 Å². The number of methoxy groups -OCH3 is 1. The summed E-state index contributed by atoms with van der Waals surface area (Å²) < 4.78 is 52.5. The van der Waals surface area contributed by atoms with Crippen LogP contribution >= 0.6 is 0 Å². The molecule has 2 aromatic heterocycles. The Hall–Kier alpha value is -3.41. The van der Waals surface area contributed by atoms with E-state index in [0.717, 1.165) is 25.0 Å². The van der Waals surface area contributed by atoms with Gasteiger partial charge in [0.15, 0.2) is 17.7 Å². The number of fused-ring (bicyclic) bond motifs is 5. The average molecular weight is 492 g/mol. The quantitative estimate of drug-likeness (QED) is 0.702. The largest absolute Gasteiger partial charge is 0.491 e. The molecule has 3 aliphatic rings. The van der Waals surface area contributed by atoms with Crippen molar-refractivity contribution in [3.63, 3.8) is 0 Å². The van der Waals surface area contributed by atoms with Crippen molar-refractivity contribution >= 4 is 11.8 Å². The Morgan fingerprint density at radius 3 is 2.80 bits per heavy atom. The van der Waals surface area contributed by atoms with E-state index in [1.54, 1.807) is 4.90 Å². The van der Waals surface area contributed by atoms with Crippen LogP contribution in [0.4, 0.5) is 13.2 Å². The van der Waals surface area contributed by atoms with Crippen molar-refractivity contribution in [1.82, 2.24) is 19.8 Å². The Balaban J connectivity index is 1.46. The zero-order valence-electron chi connectivity index (χ0n) is 19.0. The van der Waals surface area contributed by atoms with E-state index in [4.69, 9.17) is 9.47 Å². The highest BCUT2D eigenvalue weighted by molar-refractivity contribution is 5.99. The van der Waals surface area contributed by atoms with Gasteiger partial charge in [-0.25, -0.2) is 0 Å². The fourth-order valence-corrected chi connectivity index (χ4v) is 5.33. The van der Waals surface area contributed by atoms with Gasteiger partial charge in [-0.3, -0.25) is 19.4 Å². The number of nitrogens with zero attached hydrogens (tertiary/aromatic N) is 3. The minimum absolute atomic E-state index is 0.0102. The van der Waals surface area contributed by atoms with Crippen LogP contribution < -0.4 is 15.5 Å². The zero-order valence-corrected chi connectivity index (χ0v) is 19.0. The molecule has 4 atom stereocenters. The molecule has 1 saturated carbocycles. The van der Waals surface area contributed by atoms with Crippen LogP contribution in [-0.2, 0) is 24.0 Å². The molecule has 4 heterocycles. The molecule has 0 unspecified atom stereocenters. The number of pyridine rings is 2. The third-order valence-corrected chi connectivity index (χ3v) is 7.03. The Morgan fingerprint density at radius 1 is 1.31 bits per heavy atom. The monoisotopic (exact) mass is 492 g/mol. The van der Waals surface area contributed by atoms with Crippen LogP contribution in [0.25, 0.3) is 0 Å². The molecule has 2 amide bonds. The molecule has 0 radical (unpaired) electrons. The lowest BCUT2D eigenvalue weighted by Crippen LogP contribution is -2.60. The van der Waals surface area contributed by atoms with Gasteiger partial charge in [-0.1, -0.05) is 6.92 Å². The number of carbonyl (C=O) groups excluding carboxylic acids is 2. The summed E-state index contributed by atoms with van der Waals surface area (Å²) in [6.45, 7) is 1.68. The first-order chi connectivity index (χ1) is 16.6. The number of halogens is 3. The van der Waals surface area contributed by atoms with Crippen LogP contribution in [0.2, 0.25) is 0 Å². The van der Waals surface area contributed by atoms with Crippen LogP contribution in [-0.4, -0.2) is 51.7 Å². The second-order valence-corrected chi connectivity index (χ2v) is 8.93. The fourth-order valence-electron chi connectivity index (χ4n) is 5.33. The summed E-state index contributed by atoms with van der Waals surface area (Å²) in [5, 5.41) is 2.33. The molecule has 0 spiro atoms. The highest BCUT2D eigenvalue weighted by atomic mass is 19.4. The highest BCUT2D eigenvalue weighted by Crippen LogP contribution is 2.42. The Bertz CT molecular complexity index is 1260. The van der Waals surface area contributed by atoms with Crippen molar-refractivity contribution in [3.05, 3.63) is 57.3 Å². The van der Waals surface area contributed by atoms with Crippen molar-refractivity contribution in [3.8, 4) is 5.75 Å². The second-order valence-electron chi connectivity index (χ2n) is 8.93. The summed E-state index contributed by atoms with van der Waals surface area (Å²) in [5.74, 6) is -1.45. The predicted octanol–water partition coefficient (Wildman–Crippen LogP) is 2.18. The van der Waals surface area contributed by atoms with Gasteiger partial charge in [0.2, 0.25) is 5.43 Å². The van der Waals surface area contributed by atoms with Crippen LogP contribution in [0.15, 0.2) is 29.3 Å². The summed E-state index contributed by atoms with van der Waals surface area (Å²) in [7, 11) is 1.23. The van der Waals surface area contributed by atoms with E-state index >= 15 is 0 Å². The SMILES string of the molecule is COc1c2n(cc(C(=O)NCc3ncccc3C(F)(F)F)c1=O)C[C@@H]1O[C@H]3CC[C@H]([C@H]3C)N1C2=O. The number of alkyl halides is 3. The molecule has 9 nitrogen and oxygen atoms in total. The van der Waals surface area contributed by atoms with Gasteiger partial charge in [0.1, 0.15) is 5.56 Å². The molecular formula is C23H23F3N4O5. The van der Waals surface area contributed by atoms with E-state index in [2.05, 4.69) is 10.3 Å². The zero-order chi connectivity index (χ0) is 25.1. The molecule has 12 heteroatoms. The maximum absolute atomic E-state index is 13.4. The van der Waals surface area contributed by atoms with Gasteiger partial charge >= 0.3 is 6.18 Å². The summed E-state index contributed by atoms with van der Waals surface area (Å²) >= 11 is 0. The summed E-state index contributed by atoms with van der Waals surface area (Å²) in [5.41, 5.74) is -2.53. The standard InChI is InChI=1S/C23H23F3N4O5/c1-11-15-5-6-16(11)35-17-10-29-9-12(19(31)20(34-2)18(29)22(33)30(15)17)21(32)28-8-14-13(23(24,25)26)4-3-7-27-14/h3-4,7,9,11,15-17H,5-6,8,10H2,1-2H3,(H,28,32)/t11-,15-,16+,17+/m1/s1. The normalized spacial score (nSPS) is 25.2. The Kier molecular flexibility index (Phi) is 5.58. The van der Waals surface area contributed by atoms with E-state index in [1.165, 1.54) is 24.1 Å². The van der Waals surface area contributed by atoms with Gasteiger partial charge in [-0.2, -0.15) is 13.2 Å². The number of ether oxygens (including phenoxy) is 2. The second kappa shape index (κ2) is 8.36. The van der Waals surface area contributed by atoms with Crippen LogP contribution in [0.1, 0.15) is 51.9 Å². The van der Waals surface area contributed by atoms with E-state index < -0.39 is 41.8 Å². The summed E-state index contributed by atoms with van der Waals surface area (Å²) in [6.07, 6.45) is -1.12. The van der Waals surface area contributed by atoms with Crippen LogP contribution in [0.3, 0.4) is 0 Å². The lowest BCUT2D eigenvalue weighted by Gasteiger charge is -2.47. The first-order valence-corrected chi connectivity index (χ1v) is 11.2. The Labute approximate surface area is 197 Å². The minimum atomic E-state index is -4.65.